The van der Waals surface area contributed by atoms with Crippen molar-refractivity contribution in [1.29, 1.82) is 0 Å². The molecular formula is C17H24N2O2. The Bertz CT molecular complexity index is 632. The Morgan fingerprint density at radius 2 is 2.10 bits per heavy atom. The van der Waals surface area contributed by atoms with Crippen LogP contribution in [0, 0.1) is 26.2 Å². The topological polar surface area (TPSA) is 51.2 Å². The summed E-state index contributed by atoms with van der Waals surface area (Å²) in [6.07, 6.45) is 2.13. The molecule has 2 heterocycles. The van der Waals surface area contributed by atoms with E-state index in [4.69, 9.17) is 8.94 Å². The third-order valence-corrected chi connectivity index (χ3v) is 4.44. The van der Waals surface area contributed by atoms with Crippen molar-refractivity contribution in [2.45, 2.75) is 60.0 Å². The molecule has 0 fully saturated rings. The summed E-state index contributed by atoms with van der Waals surface area (Å²) >= 11 is 0. The lowest BCUT2D eigenvalue weighted by molar-refractivity contribution is 0.233. The Morgan fingerprint density at radius 1 is 1.33 bits per heavy atom. The molecule has 0 spiro atoms. The second-order valence-electron chi connectivity index (χ2n) is 7.02. The summed E-state index contributed by atoms with van der Waals surface area (Å²) in [6.45, 7) is 11.4. The van der Waals surface area contributed by atoms with Gasteiger partial charge in [0.15, 0.2) is 0 Å². The molecule has 0 aliphatic heterocycles. The minimum absolute atomic E-state index is 0.258. The van der Waals surface area contributed by atoms with Gasteiger partial charge in [0.2, 0.25) is 0 Å². The van der Waals surface area contributed by atoms with Gasteiger partial charge >= 0.3 is 0 Å². The maximum Gasteiger partial charge on any atom is 0.138 e. The fourth-order valence-corrected chi connectivity index (χ4v) is 3.35. The van der Waals surface area contributed by atoms with Gasteiger partial charge in [0, 0.05) is 30.1 Å². The van der Waals surface area contributed by atoms with Gasteiger partial charge in [-0.1, -0.05) is 19.0 Å². The van der Waals surface area contributed by atoms with Crippen molar-refractivity contribution in [3.05, 3.63) is 40.2 Å². The summed E-state index contributed by atoms with van der Waals surface area (Å²) in [5, 5.41) is 7.69. The van der Waals surface area contributed by atoms with Gasteiger partial charge in [-0.05, 0) is 38.7 Å². The standard InChI is InChI=1S/C17H24N2O2/c1-10-6-13-15(7-17(4,5)8-16(13)20-10)18-9-14-11(2)19-21-12(14)3/h6,15,18H,7-9H2,1-5H3. The molecule has 0 amide bonds. The SMILES string of the molecule is Cc1cc2c(o1)CC(C)(C)CC2NCc1c(C)noc1C. The smallest absolute Gasteiger partial charge is 0.138 e. The number of aromatic nitrogens is 1. The molecule has 0 saturated carbocycles. The van der Waals surface area contributed by atoms with Crippen LogP contribution < -0.4 is 5.32 Å². The fourth-order valence-electron chi connectivity index (χ4n) is 3.35. The fraction of sp³-hybridized carbons (Fsp3) is 0.588. The number of hydrogen-bond donors (Lipinski definition) is 1. The highest BCUT2D eigenvalue weighted by Crippen LogP contribution is 2.42. The van der Waals surface area contributed by atoms with Crippen LogP contribution in [0.2, 0.25) is 0 Å². The molecule has 21 heavy (non-hydrogen) atoms. The second-order valence-corrected chi connectivity index (χ2v) is 7.02. The van der Waals surface area contributed by atoms with Crippen molar-refractivity contribution in [2.24, 2.45) is 5.41 Å². The van der Waals surface area contributed by atoms with Crippen molar-refractivity contribution in [3.63, 3.8) is 0 Å². The zero-order valence-electron chi connectivity index (χ0n) is 13.5. The Kier molecular flexibility index (Phi) is 3.44. The Morgan fingerprint density at radius 3 is 2.76 bits per heavy atom. The largest absolute Gasteiger partial charge is 0.466 e. The van der Waals surface area contributed by atoms with Gasteiger partial charge in [-0.3, -0.25) is 0 Å². The molecule has 4 heteroatoms. The van der Waals surface area contributed by atoms with E-state index < -0.39 is 0 Å². The summed E-state index contributed by atoms with van der Waals surface area (Å²) in [5.41, 5.74) is 3.71. The summed E-state index contributed by atoms with van der Waals surface area (Å²) in [4.78, 5) is 0. The van der Waals surface area contributed by atoms with E-state index in [2.05, 4.69) is 30.4 Å². The van der Waals surface area contributed by atoms with Crippen LogP contribution in [-0.4, -0.2) is 5.16 Å². The Hall–Kier alpha value is -1.55. The molecule has 2 aromatic heterocycles. The highest BCUT2D eigenvalue weighted by molar-refractivity contribution is 5.30. The molecular weight excluding hydrogens is 264 g/mol. The maximum absolute atomic E-state index is 5.89. The quantitative estimate of drug-likeness (QED) is 0.927. The lowest BCUT2D eigenvalue weighted by Crippen LogP contribution is -2.32. The normalized spacial score (nSPS) is 20.5. The molecule has 0 saturated heterocycles. The van der Waals surface area contributed by atoms with Crippen molar-refractivity contribution in [2.75, 3.05) is 0 Å². The Balaban J connectivity index is 1.82. The minimum Gasteiger partial charge on any atom is -0.466 e. The van der Waals surface area contributed by atoms with E-state index in [-0.39, 0.29) is 5.41 Å². The van der Waals surface area contributed by atoms with E-state index in [1.165, 1.54) is 11.1 Å². The van der Waals surface area contributed by atoms with E-state index in [0.717, 1.165) is 42.4 Å². The molecule has 1 atom stereocenters. The average Bonchev–Trinajstić information content (AvgIpc) is 2.89. The lowest BCUT2D eigenvalue weighted by Gasteiger charge is -2.34. The zero-order valence-corrected chi connectivity index (χ0v) is 13.5. The van der Waals surface area contributed by atoms with Crippen LogP contribution in [0.4, 0.5) is 0 Å². The number of fused-ring (bicyclic) bond motifs is 1. The van der Waals surface area contributed by atoms with Gasteiger partial charge in [0.1, 0.15) is 17.3 Å². The molecule has 4 nitrogen and oxygen atoms in total. The molecule has 2 aromatic rings. The third kappa shape index (κ3) is 2.77. The van der Waals surface area contributed by atoms with E-state index in [1.807, 2.05) is 20.8 Å². The zero-order chi connectivity index (χ0) is 15.2. The van der Waals surface area contributed by atoms with Gasteiger partial charge in [0.05, 0.1) is 5.69 Å². The maximum atomic E-state index is 5.89. The van der Waals surface area contributed by atoms with Gasteiger partial charge in [-0.25, -0.2) is 0 Å². The molecule has 3 rings (SSSR count). The molecule has 1 aliphatic carbocycles. The minimum atomic E-state index is 0.258. The number of aryl methyl sites for hydroxylation is 3. The van der Waals surface area contributed by atoms with E-state index in [1.54, 1.807) is 0 Å². The first-order valence-electron chi connectivity index (χ1n) is 7.60. The molecule has 0 radical (unpaired) electrons. The van der Waals surface area contributed by atoms with Crippen molar-refractivity contribution in [1.82, 2.24) is 10.5 Å². The van der Waals surface area contributed by atoms with Crippen molar-refractivity contribution < 1.29 is 8.94 Å². The molecule has 1 unspecified atom stereocenters. The summed E-state index contributed by atoms with van der Waals surface area (Å²) in [5.74, 6) is 3.04. The first-order valence-corrected chi connectivity index (χ1v) is 7.60. The molecule has 1 N–H and O–H groups in total. The van der Waals surface area contributed by atoms with Crippen LogP contribution in [-0.2, 0) is 13.0 Å². The first-order chi connectivity index (χ1) is 9.85. The second kappa shape index (κ2) is 5.02. The third-order valence-electron chi connectivity index (χ3n) is 4.44. The van der Waals surface area contributed by atoms with Crippen LogP contribution in [0.15, 0.2) is 15.0 Å². The van der Waals surface area contributed by atoms with E-state index >= 15 is 0 Å². The number of rotatable bonds is 3. The van der Waals surface area contributed by atoms with E-state index in [9.17, 15) is 0 Å². The van der Waals surface area contributed by atoms with Gasteiger partial charge in [-0.15, -0.1) is 0 Å². The summed E-state index contributed by atoms with van der Waals surface area (Å²) in [7, 11) is 0. The predicted molar refractivity (Wildman–Crippen MR) is 81.1 cm³/mol. The molecule has 114 valence electrons. The first kappa shape index (κ1) is 14.4. The lowest BCUT2D eigenvalue weighted by atomic mass is 9.74. The molecule has 1 aliphatic rings. The highest BCUT2D eigenvalue weighted by Gasteiger charge is 2.34. The van der Waals surface area contributed by atoms with Gasteiger partial charge in [-0.2, -0.15) is 0 Å². The van der Waals surface area contributed by atoms with Crippen molar-refractivity contribution >= 4 is 0 Å². The van der Waals surface area contributed by atoms with Crippen LogP contribution in [0.25, 0.3) is 0 Å². The van der Waals surface area contributed by atoms with Gasteiger partial charge in [0.25, 0.3) is 0 Å². The summed E-state index contributed by atoms with van der Waals surface area (Å²) < 4.78 is 11.1. The molecule has 0 bridgehead atoms. The number of nitrogens with zero attached hydrogens (tertiary/aromatic N) is 1. The van der Waals surface area contributed by atoms with Crippen molar-refractivity contribution in [3.8, 4) is 0 Å². The van der Waals surface area contributed by atoms with Crippen LogP contribution in [0.3, 0.4) is 0 Å². The predicted octanol–water partition coefficient (Wildman–Crippen LogP) is 4.00. The monoisotopic (exact) mass is 288 g/mol. The highest BCUT2D eigenvalue weighted by atomic mass is 16.5. The van der Waals surface area contributed by atoms with Crippen LogP contribution in [0.1, 0.15) is 60.4 Å². The number of furan rings is 1. The Labute approximate surface area is 125 Å². The number of nitrogens with one attached hydrogen (secondary N) is 1. The number of hydrogen-bond acceptors (Lipinski definition) is 4. The van der Waals surface area contributed by atoms with Gasteiger partial charge < -0.3 is 14.3 Å². The molecule has 0 aromatic carbocycles. The van der Waals surface area contributed by atoms with E-state index in [0.29, 0.717) is 6.04 Å². The van der Waals surface area contributed by atoms with Crippen LogP contribution in [0.5, 0.6) is 0 Å². The summed E-state index contributed by atoms with van der Waals surface area (Å²) in [6, 6.07) is 2.50. The van der Waals surface area contributed by atoms with Crippen LogP contribution >= 0.6 is 0 Å². The average molecular weight is 288 g/mol.